The molecule has 1 N–H and O–H groups in total. The van der Waals surface area contributed by atoms with E-state index in [0.29, 0.717) is 18.0 Å². The molecule has 0 aliphatic rings. The van der Waals surface area contributed by atoms with Gasteiger partial charge in [0.25, 0.3) is 0 Å². The Kier molecular flexibility index (Phi) is 8.79. The average Bonchev–Trinajstić information content (AvgIpc) is 2.80. The third kappa shape index (κ3) is 6.71. The predicted octanol–water partition coefficient (Wildman–Crippen LogP) is 5.76. The van der Waals surface area contributed by atoms with Gasteiger partial charge in [0.05, 0.1) is 11.6 Å². The molecule has 3 aromatic rings. The molecule has 0 heterocycles. The summed E-state index contributed by atoms with van der Waals surface area (Å²) in [5.74, 6) is -0.423. The molecule has 0 aliphatic heterocycles. The van der Waals surface area contributed by atoms with Crippen molar-refractivity contribution in [1.82, 2.24) is 9.62 Å². The monoisotopic (exact) mass is 524 g/mol. The summed E-state index contributed by atoms with van der Waals surface area (Å²) in [6.07, 6.45) is 0.587. The number of nitrogens with zero attached hydrogens (tertiary/aromatic N) is 1. The number of hydrogen-bond acceptors (Lipinski definition) is 3. The van der Waals surface area contributed by atoms with Crippen LogP contribution in [-0.2, 0) is 21.2 Å². The molecule has 33 heavy (non-hydrogen) atoms. The van der Waals surface area contributed by atoms with E-state index in [9.17, 15) is 13.2 Å². The molecule has 0 fully saturated rings. The SMILES string of the molecule is C[C@@H](c1ccccc1)N(CC(=O)NCCc1ccc(Cl)cc1)S(=O)(=O)c1cc(Cl)ccc1Cl. The van der Waals surface area contributed by atoms with Crippen LogP contribution in [0.5, 0.6) is 0 Å². The number of nitrogens with one attached hydrogen (secondary N) is 1. The van der Waals surface area contributed by atoms with Gasteiger partial charge in [-0.2, -0.15) is 4.31 Å². The number of halogens is 3. The minimum atomic E-state index is -4.14. The summed E-state index contributed by atoms with van der Waals surface area (Å²) in [7, 11) is -4.14. The zero-order valence-electron chi connectivity index (χ0n) is 17.8. The fraction of sp³-hybridized carbons (Fsp3) is 0.208. The number of benzene rings is 3. The maximum Gasteiger partial charge on any atom is 0.245 e. The molecule has 3 rings (SSSR count). The molecular formula is C24H23Cl3N2O3S. The van der Waals surface area contributed by atoms with Gasteiger partial charge in [-0.1, -0.05) is 77.3 Å². The summed E-state index contributed by atoms with van der Waals surface area (Å²) < 4.78 is 28.3. The first-order valence-corrected chi connectivity index (χ1v) is 12.8. The normalized spacial score (nSPS) is 12.5. The Morgan fingerprint density at radius 3 is 2.24 bits per heavy atom. The van der Waals surface area contributed by atoms with E-state index in [4.69, 9.17) is 34.8 Å². The Balaban J connectivity index is 1.81. The van der Waals surface area contributed by atoms with Crippen molar-refractivity contribution in [3.05, 3.63) is 99.0 Å². The lowest BCUT2D eigenvalue weighted by Gasteiger charge is -2.28. The third-order valence-corrected chi connectivity index (χ3v) is 8.03. The zero-order valence-corrected chi connectivity index (χ0v) is 20.9. The van der Waals surface area contributed by atoms with E-state index in [1.807, 2.05) is 42.5 Å². The van der Waals surface area contributed by atoms with Crippen molar-refractivity contribution in [3.8, 4) is 0 Å². The molecule has 0 unspecified atom stereocenters. The lowest BCUT2D eigenvalue weighted by molar-refractivity contribution is -0.121. The number of carbonyl (C=O) groups is 1. The summed E-state index contributed by atoms with van der Waals surface area (Å²) >= 11 is 18.1. The first-order valence-electron chi connectivity index (χ1n) is 10.2. The number of sulfonamides is 1. The Labute approximate surface area is 209 Å². The van der Waals surface area contributed by atoms with Crippen molar-refractivity contribution in [2.45, 2.75) is 24.3 Å². The van der Waals surface area contributed by atoms with Crippen molar-refractivity contribution in [2.75, 3.05) is 13.1 Å². The van der Waals surface area contributed by atoms with E-state index in [1.165, 1.54) is 18.2 Å². The van der Waals surface area contributed by atoms with Gasteiger partial charge in [0, 0.05) is 22.6 Å². The molecule has 1 atom stereocenters. The summed E-state index contributed by atoms with van der Waals surface area (Å²) in [6.45, 7) is 1.71. The van der Waals surface area contributed by atoms with E-state index in [2.05, 4.69) is 5.32 Å². The Hall–Kier alpha value is -2.09. The topological polar surface area (TPSA) is 66.5 Å². The number of hydrogen-bond donors (Lipinski definition) is 1. The van der Waals surface area contributed by atoms with E-state index < -0.39 is 22.0 Å². The molecule has 3 aromatic carbocycles. The van der Waals surface area contributed by atoms with Gasteiger partial charge >= 0.3 is 0 Å². The molecule has 0 aromatic heterocycles. The second-order valence-corrected chi connectivity index (χ2v) is 10.6. The highest BCUT2D eigenvalue weighted by Gasteiger charge is 2.33. The molecular weight excluding hydrogens is 503 g/mol. The smallest absolute Gasteiger partial charge is 0.245 e. The Morgan fingerprint density at radius 2 is 1.58 bits per heavy atom. The van der Waals surface area contributed by atoms with Crippen LogP contribution >= 0.6 is 34.8 Å². The second kappa shape index (κ2) is 11.4. The lowest BCUT2D eigenvalue weighted by atomic mass is 10.1. The van der Waals surface area contributed by atoms with Gasteiger partial charge in [-0.25, -0.2) is 8.42 Å². The van der Waals surface area contributed by atoms with Crippen LogP contribution in [0.4, 0.5) is 0 Å². The molecule has 0 saturated carbocycles. The molecule has 5 nitrogen and oxygen atoms in total. The van der Waals surface area contributed by atoms with Crippen LogP contribution in [0.3, 0.4) is 0 Å². The number of rotatable bonds is 9. The fourth-order valence-electron chi connectivity index (χ4n) is 3.32. The quantitative estimate of drug-likeness (QED) is 0.386. The molecule has 9 heteroatoms. The fourth-order valence-corrected chi connectivity index (χ4v) is 5.76. The largest absolute Gasteiger partial charge is 0.355 e. The molecule has 0 bridgehead atoms. The Bertz CT molecular complexity index is 1200. The van der Waals surface area contributed by atoms with Gasteiger partial charge in [-0.15, -0.1) is 0 Å². The molecule has 0 radical (unpaired) electrons. The van der Waals surface area contributed by atoms with Crippen LogP contribution in [0.2, 0.25) is 15.1 Å². The summed E-state index contributed by atoms with van der Waals surface area (Å²) in [4.78, 5) is 12.6. The summed E-state index contributed by atoms with van der Waals surface area (Å²) in [5, 5.41) is 3.70. The van der Waals surface area contributed by atoms with Gasteiger partial charge in [0.1, 0.15) is 4.90 Å². The number of amides is 1. The van der Waals surface area contributed by atoms with Crippen molar-refractivity contribution in [3.63, 3.8) is 0 Å². The highest BCUT2D eigenvalue weighted by atomic mass is 35.5. The molecule has 0 spiro atoms. The van der Waals surface area contributed by atoms with Crippen LogP contribution in [0, 0.1) is 0 Å². The van der Waals surface area contributed by atoms with Crippen molar-refractivity contribution < 1.29 is 13.2 Å². The van der Waals surface area contributed by atoms with Gasteiger partial charge in [-0.05, 0) is 54.8 Å². The van der Waals surface area contributed by atoms with E-state index in [1.54, 1.807) is 19.1 Å². The van der Waals surface area contributed by atoms with E-state index in [0.717, 1.165) is 15.4 Å². The van der Waals surface area contributed by atoms with Crippen molar-refractivity contribution >= 4 is 50.7 Å². The molecule has 0 saturated heterocycles. The maximum atomic E-state index is 13.6. The van der Waals surface area contributed by atoms with Gasteiger partial charge < -0.3 is 5.32 Å². The molecule has 1 amide bonds. The minimum absolute atomic E-state index is 0.0350. The van der Waals surface area contributed by atoms with E-state index >= 15 is 0 Å². The van der Waals surface area contributed by atoms with Gasteiger partial charge in [0.2, 0.25) is 15.9 Å². The maximum absolute atomic E-state index is 13.6. The second-order valence-electron chi connectivity index (χ2n) is 7.44. The summed E-state index contributed by atoms with van der Waals surface area (Å²) in [6, 6.07) is 20.0. The van der Waals surface area contributed by atoms with E-state index in [-0.39, 0.29) is 21.5 Å². The number of carbonyl (C=O) groups excluding carboxylic acids is 1. The lowest BCUT2D eigenvalue weighted by Crippen LogP contribution is -2.42. The van der Waals surface area contributed by atoms with Gasteiger partial charge in [-0.3, -0.25) is 4.79 Å². The van der Waals surface area contributed by atoms with Crippen molar-refractivity contribution in [2.24, 2.45) is 0 Å². The minimum Gasteiger partial charge on any atom is -0.355 e. The third-order valence-electron chi connectivity index (χ3n) is 5.14. The van der Waals surface area contributed by atoms with Crippen LogP contribution in [-0.4, -0.2) is 31.7 Å². The van der Waals surface area contributed by atoms with Gasteiger partial charge in [0.15, 0.2) is 0 Å². The first kappa shape index (κ1) is 25.5. The van der Waals surface area contributed by atoms with Crippen LogP contribution < -0.4 is 5.32 Å². The average molecular weight is 526 g/mol. The highest BCUT2D eigenvalue weighted by Crippen LogP contribution is 2.32. The molecule has 174 valence electrons. The Morgan fingerprint density at radius 1 is 0.939 bits per heavy atom. The summed E-state index contributed by atoms with van der Waals surface area (Å²) in [5.41, 5.74) is 1.75. The highest BCUT2D eigenvalue weighted by molar-refractivity contribution is 7.89. The zero-order chi connectivity index (χ0) is 24.0. The first-order chi connectivity index (χ1) is 15.7. The predicted molar refractivity (Wildman–Crippen MR) is 133 cm³/mol. The standard InChI is InChI=1S/C24H23Cl3N2O3S/c1-17(19-5-3-2-4-6-19)29(33(31,32)23-15-21(26)11-12-22(23)27)16-24(30)28-14-13-18-7-9-20(25)10-8-18/h2-12,15,17H,13-14,16H2,1H3,(H,28,30)/t17-/m0/s1. The van der Waals surface area contributed by atoms with Crippen LogP contribution in [0.25, 0.3) is 0 Å². The van der Waals surface area contributed by atoms with Crippen LogP contribution in [0.15, 0.2) is 77.7 Å². The molecule has 0 aliphatic carbocycles. The van der Waals surface area contributed by atoms with Crippen molar-refractivity contribution in [1.29, 1.82) is 0 Å². The van der Waals surface area contributed by atoms with Crippen LogP contribution in [0.1, 0.15) is 24.1 Å².